The third kappa shape index (κ3) is 5.03. The highest BCUT2D eigenvalue weighted by Gasteiger charge is 2.35. The highest BCUT2D eigenvalue weighted by atomic mass is 16.6. The number of methoxy groups -OCH3 is 1. The summed E-state index contributed by atoms with van der Waals surface area (Å²) in [6, 6.07) is 4.41. The Morgan fingerprint density at radius 2 is 2.00 bits per heavy atom. The first kappa shape index (κ1) is 24.0. The maximum absolute atomic E-state index is 12.8. The standard InChI is InChI=1S/C21H19N3O10/c1-4-32-17-9-12(8-15(24(29)30)18(17)33-11(2)25)7-14-19(26)23(21(28)22-14)10-13-5-6-16(34-13)20(27)31-3/h5-9H,4,10H2,1-3H3,(H,22,28)/b14-7-. The molecule has 0 aliphatic carbocycles. The summed E-state index contributed by atoms with van der Waals surface area (Å²) in [7, 11) is 1.18. The zero-order valence-electron chi connectivity index (χ0n) is 18.3. The van der Waals surface area contributed by atoms with Crippen LogP contribution in [-0.4, -0.2) is 47.4 Å². The largest absolute Gasteiger partial charge is 0.490 e. The number of nitrogens with one attached hydrogen (secondary N) is 1. The summed E-state index contributed by atoms with van der Waals surface area (Å²) in [5.41, 5.74) is -0.586. The molecule has 1 fully saturated rings. The number of imide groups is 1. The average Bonchev–Trinajstić information content (AvgIpc) is 3.35. The first-order chi connectivity index (χ1) is 16.1. The topological polar surface area (TPSA) is 168 Å². The molecule has 13 heteroatoms. The third-order valence-electron chi connectivity index (χ3n) is 4.44. The molecule has 2 aromatic rings. The molecule has 2 heterocycles. The molecule has 0 saturated carbocycles. The number of furan rings is 1. The number of nitro groups is 1. The second-order valence-corrected chi connectivity index (χ2v) is 6.79. The fourth-order valence-electron chi connectivity index (χ4n) is 3.05. The van der Waals surface area contributed by atoms with E-state index in [9.17, 15) is 29.3 Å². The molecule has 0 bridgehead atoms. The highest BCUT2D eigenvalue weighted by Crippen LogP contribution is 2.39. The van der Waals surface area contributed by atoms with Crippen LogP contribution in [0.5, 0.6) is 11.5 Å². The number of hydrogen-bond acceptors (Lipinski definition) is 10. The lowest BCUT2D eigenvalue weighted by Crippen LogP contribution is -2.30. The summed E-state index contributed by atoms with van der Waals surface area (Å²) in [5, 5.41) is 13.9. The van der Waals surface area contributed by atoms with Crippen molar-refractivity contribution in [2.75, 3.05) is 13.7 Å². The number of benzene rings is 1. The number of carbonyl (C=O) groups is 4. The fourth-order valence-corrected chi connectivity index (χ4v) is 3.05. The molecule has 1 aromatic heterocycles. The predicted octanol–water partition coefficient (Wildman–Crippen LogP) is 2.39. The Hall–Kier alpha value is -4.68. The van der Waals surface area contributed by atoms with E-state index in [0.29, 0.717) is 0 Å². The molecule has 0 atom stereocenters. The van der Waals surface area contributed by atoms with Crippen molar-refractivity contribution in [2.24, 2.45) is 0 Å². The van der Waals surface area contributed by atoms with E-state index in [1.165, 1.54) is 31.4 Å². The molecule has 1 saturated heterocycles. The first-order valence-electron chi connectivity index (χ1n) is 9.79. The van der Waals surface area contributed by atoms with E-state index in [-0.39, 0.29) is 47.4 Å². The van der Waals surface area contributed by atoms with E-state index >= 15 is 0 Å². The van der Waals surface area contributed by atoms with Gasteiger partial charge in [-0.25, -0.2) is 9.59 Å². The Labute approximate surface area is 192 Å². The highest BCUT2D eigenvalue weighted by molar-refractivity contribution is 6.13. The molecule has 3 amide bonds. The molecule has 178 valence electrons. The van der Waals surface area contributed by atoms with Crippen molar-refractivity contribution in [3.63, 3.8) is 0 Å². The number of ether oxygens (including phenoxy) is 3. The van der Waals surface area contributed by atoms with Gasteiger partial charge in [-0.15, -0.1) is 0 Å². The van der Waals surface area contributed by atoms with E-state index in [2.05, 4.69) is 10.1 Å². The van der Waals surface area contributed by atoms with Crippen molar-refractivity contribution in [3.05, 3.63) is 57.2 Å². The minimum Gasteiger partial charge on any atom is -0.490 e. The first-order valence-corrected chi connectivity index (χ1v) is 9.79. The van der Waals surface area contributed by atoms with Crippen molar-refractivity contribution in [1.29, 1.82) is 0 Å². The normalized spacial score (nSPS) is 14.2. The predicted molar refractivity (Wildman–Crippen MR) is 113 cm³/mol. The Balaban J connectivity index is 1.91. The third-order valence-corrected chi connectivity index (χ3v) is 4.44. The van der Waals surface area contributed by atoms with Crippen LogP contribution in [0.2, 0.25) is 0 Å². The quantitative estimate of drug-likeness (QED) is 0.150. The summed E-state index contributed by atoms with van der Waals surface area (Å²) in [5.74, 6) is -2.62. The van der Waals surface area contributed by atoms with Gasteiger partial charge in [0.15, 0.2) is 5.75 Å². The summed E-state index contributed by atoms with van der Waals surface area (Å²) < 4.78 is 20.1. The number of esters is 2. The number of amides is 3. The minimum absolute atomic E-state index is 0.0849. The van der Waals surface area contributed by atoms with Gasteiger partial charge >= 0.3 is 23.7 Å². The van der Waals surface area contributed by atoms with Crippen molar-refractivity contribution < 1.29 is 42.7 Å². The lowest BCUT2D eigenvalue weighted by Gasteiger charge is -2.11. The van der Waals surface area contributed by atoms with Gasteiger partial charge in [0.2, 0.25) is 11.5 Å². The average molecular weight is 473 g/mol. The Bertz CT molecular complexity index is 1210. The molecule has 13 nitrogen and oxygen atoms in total. The van der Waals surface area contributed by atoms with Crippen LogP contribution in [0, 0.1) is 10.1 Å². The monoisotopic (exact) mass is 473 g/mol. The van der Waals surface area contributed by atoms with Gasteiger partial charge < -0.3 is 23.9 Å². The Morgan fingerprint density at radius 3 is 2.62 bits per heavy atom. The molecular formula is C21H19N3O10. The molecular weight excluding hydrogens is 454 g/mol. The molecule has 0 radical (unpaired) electrons. The summed E-state index contributed by atoms with van der Waals surface area (Å²) in [6.07, 6.45) is 1.22. The molecule has 1 aliphatic rings. The van der Waals surface area contributed by atoms with Crippen molar-refractivity contribution in [3.8, 4) is 11.5 Å². The van der Waals surface area contributed by atoms with Crippen molar-refractivity contribution in [2.45, 2.75) is 20.4 Å². The van der Waals surface area contributed by atoms with E-state index in [4.69, 9.17) is 13.9 Å². The van der Waals surface area contributed by atoms with E-state index in [1.807, 2.05) is 0 Å². The maximum atomic E-state index is 12.8. The van der Waals surface area contributed by atoms with E-state index < -0.39 is 34.5 Å². The zero-order valence-corrected chi connectivity index (χ0v) is 18.3. The van der Waals surface area contributed by atoms with Crippen molar-refractivity contribution in [1.82, 2.24) is 10.2 Å². The number of rotatable bonds is 8. The number of carbonyl (C=O) groups excluding carboxylic acids is 4. The van der Waals surface area contributed by atoms with Gasteiger partial charge in [0, 0.05) is 13.0 Å². The van der Waals surface area contributed by atoms with Crippen LogP contribution < -0.4 is 14.8 Å². The summed E-state index contributed by atoms with van der Waals surface area (Å²) in [6.45, 7) is 2.57. The lowest BCUT2D eigenvalue weighted by atomic mass is 10.1. The summed E-state index contributed by atoms with van der Waals surface area (Å²) in [4.78, 5) is 59.6. The van der Waals surface area contributed by atoms with Crippen LogP contribution in [0.1, 0.15) is 35.7 Å². The van der Waals surface area contributed by atoms with Gasteiger partial charge in [0.25, 0.3) is 5.91 Å². The van der Waals surface area contributed by atoms with Gasteiger partial charge in [0.05, 0.1) is 25.2 Å². The van der Waals surface area contributed by atoms with Crippen LogP contribution in [0.4, 0.5) is 10.5 Å². The van der Waals surface area contributed by atoms with Crippen LogP contribution >= 0.6 is 0 Å². The lowest BCUT2D eigenvalue weighted by molar-refractivity contribution is -0.385. The molecule has 0 unspecified atom stereocenters. The second-order valence-electron chi connectivity index (χ2n) is 6.79. The van der Waals surface area contributed by atoms with E-state index in [0.717, 1.165) is 17.9 Å². The molecule has 34 heavy (non-hydrogen) atoms. The molecule has 1 aromatic carbocycles. The fraction of sp³-hybridized carbons (Fsp3) is 0.238. The van der Waals surface area contributed by atoms with Crippen molar-refractivity contribution >= 4 is 35.6 Å². The van der Waals surface area contributed by atoms with Crippen LogP contribution in [0.25, 0.3) is 6.08 Å². The SMILES string of the molecule is CCOc1cc(/C=C2\NC(=O)N(Cc3ccc(C(=O)OC)o3)C2=O)cc([N+](=O)[O-])c1OC(C)=O. The van der Waals surface area contributed by atoms with Gasteiger partial charge in [-0.1, -0.05) is 0 Å². The van der Waals surface area contributed by atoms with Gasteiger partial charge in [-0.05, 0) is 36.8 Å². The number of nitrogens with zero attached hydrogens (tertiary/aromatic N) is 2. The number of hydrogen-bond donors (Lipinski definition) is 1. The van der Waals surface area contributed by atoms with Gasteiger partial charge in [-0.3, -0.25) is 24.6 Å². The smallest absolute Gasteiger partial charge is 0.373 e. The van der Waals surface area contributed by atoms with Crippen LogP contribution in [0.3, 0.4) is 0 Å². The van der Waals surface area contributed by atoms with Crippen LogP contribution in [-0.2, 0) is 20.9 Å². The molecule has 1 N–H and O–H groups in total. The molecule has 0 spiro atoms. The zero-order chi connectivity index (χ0) is 25.0. The van der Waals surface area contributed by atoms with Gasteiger partial charge in [0.1, 0.15) is 11.5 Å². The minimum atomic E-state index is -0.780. The van der Waals surface area contributed by atoms with E-state index in [1.54, 1.807) is 6.92 Å². The maximum Gasteiger partial charge on any atom is 0.373 e. The second kappa shape index (κ2) is 9.85. The van der Waals surface area contributed by atoms with Crippen LogP contribution in [0.15, 0.2) is 34.4 Å². The number of nitro benzene ring substituents is 1. The Morgan fingerprint density at radius 1 is 1.26 bits per heavy atom. The Kier molecular flexibility index (Phi) is 6.95. The number of urea groups is 1. The summed E-state index contributed by atoms with van der Waals surface area (Å²) >= 11 is 0. The van der Waals surface area contributed by atoms with Gasteiger partial charge in [-0.2, -0.15) is 0 Å². The molecule has 3 rings (SSSR count). The molecule has 1 aliphatic heterocycles.